The Morgan fingerprint density at radius 2 is 2.37 bits per heavy atom. The lowest BCUT2D eigenvalue weighted by molar-refractivity contribution is -0.124. The number of amides is 1. The van der Waals surface area contributed by atoms with Gasteiger partial charge in [0.05, 0.1) is 11.5 Å². The van der Waals surface area contributed by atoms with Crippen LogP contribution in [0.5, 0.6) is 0 Å². The molecule has 0 aliphatic carbocycles. The molecule has 100 valence electrons. The normalized spacial score (nSPS) is 18.8. The summed E-state index contributed by atoms with van der Waals surface area (Å²) in [7, 11) is 1.66. The zero-order valence-electron chi connectivity index (χ0n) is 11.3. The molecule has 1 saturated heterocycles. The summed E-state index contributed by atoms with van der Waals surface area (Å²) < 4.78 is 0. The third kappa shape index (κ3) is 2.84. The lowest BCUT2D eigenvalue weighted by atomic mass is 9.97. The molecule has 2 rings (SSSR count). The molecule has 0 aromatic carbocycles. The molecule has 1 unspecified atom stereocenters. The van der Waals surface area contributed by atoms with Crippen LogP contribution < -0.4 is 10.2 Å². The lowest BCUT2D eigenvalue weighted by Crippen LogP contribution is -2.42. The Balaban J connectivity index is 2.24. The quantitative estimate of drug-likeness (QED) is 0.866. The van der Waals surface area contributed by atoms with Crippen LogP contribution in [-0.4, -0.2) is 31.0 Å². The van der Waals surface area contributed by atoms with Gasteiger partial charge in [-0.15, -0.1) is 0 Å². The summed E-state index contributed by atoms with van der Waals surface area (Å²) in [6.45, 7) is 3.38. The number of nitrogens with one attached hydrogen (secondary N) is 1. The molecule has 0 spiro atoms. The molecule has 2 heterocycles. The van der Waals surface area contributed by atoms with Crippen molar-refractivity contribution in [2.24, 2.45) is 5.92 Å². The molecule has 0 saturated carbocycles. The maximum atomic E-state index is 11.7. The van der Waals surface area contributed by atoms with Gasteiger partial charge in [-0.05, 0) is 31.9 Å². The van der Waals surface area contributed by atoms with Crippen molar-refractivity contribution in [2.45, 2.75) is 19.8 Å². The van der Waals surface area contributed by atoms with Crippen LogP contribution in [0.1, 0.15) is 24.1 Å². The van der Waals surface area contributed by atoms with E-state index in [1.165, 1.54) is 0 Å². The van der Waals surface area contributed by atoms with Gasteiger partial charge < -0.3 is 10.2 Å². The Kier molecular flexibility index (Phi) is 4.00. The van der Waals surface area contributed by atoms with Gasteiger partial charge in [0.2, 0.25) is 5.91 Å². The topological polar surface area (TPSA) is 69.0 Å². The average molecular weight is 258 g/mol. The molecule has 1 aromatic rings. The molecule has 5 heteroatoms. The van der Waals surface area contributed by atoms with Crippen LogP contribution in [0.4, 0.5) is 5.82 Å². The van der Waals surface area contributed by atoms with Gasteiger partial charge >= 0.3 is 0 Å². The predicted octanol–water partition coefficient (Wildman–Crippen LogP) is 1.22. The summed E-state index contributed by atoms with van der Waals surface area (Å²) in [4.78, 5) is 18.3. The number of rotatable bonds is 2. The largest absolute Gasteiger partial charge is 0.359 e. The molecule has 0 radical (unpaired) electrons. The number of carbonyl (C=O) groups excluding carboxylic acids is 1. The van der Waals surface area contributed by atoms with E-state index in [1.807, 2.05) is 13.0 Å². The molecular formula is C14H18N4O. The van der Waals surface area contributed by atoms with E-state index in [4.69, 9.17) is 5.26 Å². The van der Waals surface area contributed by atoms with Crippen LogP contribution in [-0.2, 0) is 4.79 Å². The third-order valence-corrected chi connectivity index (χ3v) is 3.47. The van der Waals surface area contributed by atoms with Crippen LogP contribution in [0.25, 0.3) is 0 Å². The van der Waals surface area contributed by atoms with Crippen molar-refractivity contribution in [1.29, 1.82) is 5.26 Å². The summed E-state index contributed by atoms with van der Waals surface area (Å²) >= 11 is 0. The van der Waals surface area contributed by atoms with Gasteiger partial charge in [0.15, 0.2) is 0 Å². The summed E-state index contributed by atoms with van der Waals surface area (Å²) in [5, 5.41) is 11.9. The molecule has 5 nitrogen and oxygen atoms in total. The zero-order chi connectivity index (χ0) is 13.8. The van der Waals surface area contributed by atoms with Gasteiger partial charge in [-0.3, -0.25) is 4.79 Å². The number of nitriles is 1. The van der Waals surface area contributed by atoms with E-state index in [2.05, 4.69) is 21.3 Å². The minimum absolute atomic E-state index is 0.0207. The number of anilines is 1. The molecular weight excluding hydrogens is 240 g/mol. The van der Waals surface area contributed by atoms with E-state index < -0.39 is 0 Å². The van der Waals surface area contributed by atoms with E-state index in [0.29, 0.717) is 17.9 Å². The van der Waals surface area contributed by atoms with Crippen LogP contribution >= 0.6 is 0 Å². The van der Waals surface area contributed by atoms with Crippen LogP contribution in [0.2, 0.25) is 0 Å². The second-order valence-corrected chi connectivity index (χ2v) is 4.84. The van der Waals surface area contributed by atoms with Gasteiger partial charge in [-0.2, -0.15) is 5.26 Å². The van der Waals surface area contributed by atoms with Crippen molar-refractivity contribution in [3.8, 4) is 6.07 Å². The standard InChI is InChI=1S/C14H18N4O/c1-10-5-6-11(8-15)13(17-10)18-7-3-4-12(9-18)14(19)16-2/h5-6,12H,3-4,7,9H2,1-2H3,(H,16,19). The van der Waals surface area contributed by atoms with E-state index in [0.717, 1.165) is 25.1 Å². The Morgan fingerprint density at radius 1 is 1.58 bits per heavy atom. The predicted molar refractivity (Wildman–Crippen MR) is 72.7 cm³/mol. The maximum Gasteiger partial charge on any atom is 0.224 e. The lowest BCUT2D eigenvalue weighted by Gasteiger charge is -2.33. The highest BCUT2D eigenvalue weighted by molar-refractivity contribution is 5.79. The number of aromatic nitrogens is 1. The fourth-order valence-electron chi connectivity index (χ4n) is 2.46. The highest BCUT2D eigenvalue weighted by Crippen LogP contribution is 2.24. The third-order valence-electron chi connectivity index (χ3n) is 3.47. The first-order chi connectivity index (χ1) is 9.15. The second-order valence-electron chi connectivity index (χ2n) is 4.84. The molecule has 1 N–H and O–H groups in total. The van der Waals surface area contributed by atoms with E-state index in [1.54, 1.807) is 13.1 Å². The van der Waals surface area contributed by atoms with Crippen LogP contribution in [0.15, 0.2) is 12.1 Å². The number of carbonyl (C=O) groups is 1. The Bertz CT molecular complexity index is 521. The van der Waals surface area contributed by atoms with Gasteiger partial charge in [-0.1, -0.05) is 0 Å². The molecule has 1 fully saturated rings. The Morgan fingerprint density at radius 3 is 3.05 bits per heavy atom. The fourth-order valence-corrected chi connectivity index (χ4v) is 2.46. The summed E-state index contributed by atoms with van der Waals surface area (Å²) in [6, 6.07) is 5.80. The minimum Gasteiger partial charge on any atom is -0.359 e. The maximum absolute atomic E-state index is 11.7. The van der Waals surface area contributed by atoms with Crippen molar-refractivity contribution >= 4 is 11.7 Å². The second kappa shape index (κ2) is 5.70. The average Bonchev–Trinajstić information content (AvgIpc) is 2.46. The molecule has 1 amide bonds. The minimum atomic E-state index is -0.0207. The first kappa shape index (κ1) is 13.3. The number of nitrogens with zero attached hydrogens (tertiary/aromatic N) is 3. The van der Waals surface area contributed by atoms with E-state index in [-0.39, 0.29) is 11.8 Å². The van der Waals surface area contributed by atoms with Crippen LogP contribution in [0.3, 0.4) is 0 Å². The number of piperidine rings is 1. The highest BCUT2D eigenvalue weighted by atomic mass is 16.1. The van der Waals surface area contributed by atoms with Gasteiger partial charge in [0.25, 0.3) is 0 Å². The monoisotopic (exact) mass is 258 g/mol. The molecule has 1 aliphatic rings. The van der Waals surface area contributed by atoms with Crippen molar-refractivity contribution in [3.05, 3.63) is 23.4 Å². The number of pyridine rings is 1. The smallest absolute Gasteiger partial charge is 0.224 e. The Hall–Kier alpha value is -2.09. The van der Waals surface area contributed by atoms with E-state index in [9.17, 15) is 4.79 Å². The molecule has 1 aromatic heterocycles. The SMILES string of the molecule is CNC(=O)C1CCCN(c2nc(C)ccc2C#N)C1. The zero-order valence-corrected chi connectivity index (χ0v) is 11.3. The van der Waals surface area contributed by atoms with Gasteiger partial charge in [0.1, 0.15) is 11.9 Å². The number of hydrogen-bond donors (Lipinski definition) is 1. The highest BCUT2D eigenvalue weighted by Gasteiger charge is 2.27. The van der Waals surface area contributed by atoms with Gasteiger partial charge in [-0.25, -0.2) is 4.98 Å². The first-order valence-corrected chi connectivity index (χ1v) is 6.50. The van der Waals surface area contributed by atoms with Crippen molar-refractivity contribution in [2.75, 3.05) is 25.0 Å². The molecule has 19 heavy (non-hydrogen) atoms. The summed E-state index contributed by atoms with van der Waals surface area (Å²) in [5.74, 6) is 0.750. The molecule has 0 bridgehead atoms. The van der Waals surface area contributed by atoms with Crippen molar-refractivity contribution < 1.29 is 4.79 Å². The van der Waals surface area contributed by atoms with Crippen LogP contribution in [0, 0.1) is 24.2 Å². The summed E-state index contributed by atoms with van der Waals surface area (Å²) in [5.41, 5.74) is 1.46. The molecule has 1 atom stereocenters. The molecule has 1 aliphatic heterocycles. The van der Waals surface area contributed by atoms with Crippen molar-refractivity contribution in [1.82, 2.24) is 10.3 Å². The Labute approximate surface area is 113 Å². The van der Waals surface area contributed by atoms with E-state index >= 15 is 0 Å². The number of hydrogen-bond acceptors (Lipinski definition) is 4. The fraction of sp³-hybridized carbons (Fsp3) is 0.500. The number of aryl methyl sites for hydroxylation is 1. The van der Waals surface area contributed by atoms with Gasteiger partial charge in [0, 0.05) is 25.8 Å². The first-order valence-electron chi connectivity index (χ1n) is 6.50. The van der Waals surface area contributed by atoms with Crippen molar-refractivity contribution in [3.63, 3.8) is 0 Å². The summed E-state index contributed by atoms with van der Waals surface area (Å²) in [6.07, 6.45) is 1.84.